The summed E-state index contributed by atoms with van der Waals surface area (Å²) in [5.74, 6) is 0. The number of hydrogen-bond donors (Lipinski definition) is 1. The van der Waals surface area contributed by atoms with E-state index in [0.29, 0.717) is 22.8 Å². The van der Waals surface area contributed by atoms with Gasteiger partial charge in [0, 0.05) is 35.4 Å². The van der Waals surface area contributed by atoms with Crippen LogP contribution < -0.4 is 5.73 Å². The summed E-state index contributed by atoms with van der Waals surface area (Å²) in [6.07, 6.45) is 3.63. The molecule has 0 aromatic carbocycles. The summed E-state index contributed by atoms with van der Waals surface area (Å²) in [6.45, 7) is 4.38. The lowest BCUT2D eigenvalue weighted by molar-refractivity contribution is 0.145. The monoisotopic (exact) mass is 287 g/mol. The number of rotatable bonds is 3. The molecule has 0 radical (unpaired) electrons. The Morgan fingerprint density at radius 2 is 2.22 bits per heavy atom. The summed E-state index contributed by atoms with van der Waals surface area (Å²) in [6, 6.07) is 2.30. The molecule has 1 atom stereocenters. The van der Waals surface area contributed by atoms with Crippen LogP contribution >= 0.6 is 23.2 Å². The smallest absolute Gasteiger partial charge is 0.135 e. The molecule has 1 aliphatic rings. The molecule has 1 aromatic rings. The number of piperidine rings is 1. The quantitative estimate of drug-likeness (QED) is 0.869. The highest BCUT2D eigenvalue weighted by atomic mass is 35.5. The SMILES string of the molecule is Cc1cc(Cl)c(CN2CCCCC2CN)c(Cl)n1. The van der Waals surface area contributed by atoms with Crippen LogP contribution in [0.4, 0.5) is 0 Å². The standard InChI is InChI=1S/C13H19Cl2N3/c1-9-6-12(14)11(13(15)17-9)8-18-5-3-2-4-10(18)7-16/h6,10H,2-5,7-8,16H2,1H3. The van der Waals surface area contributed by atoms with Crippen LogP contribution in [0.25, 0.3) is 0 Å². The molecule has 1 fully saturated rings. The Bertz CT molecular complexity index is 400. The number of aryl methyl sites for hydroxylation is 1. The van der Waals surface area contributed by atoms with Crippen LogP contribution in [0.2, 0.25) is 10.2 Å². The number of aromatic nitrogens is 1. The third kappa shape index (κ3) is 3.15. The van der Waals surface area contributed by atoms with Gasteiger partial charge in [-0.05, 0) is 32.4 Å². The topological polar surface area (TPSA) is 42.1 Å². The summed E-state index contributed by atoms with van der Waals surface area (Å²) in [4.78, 5) is 6.64. The zero-order valence-corrected chi connectivity index (χ0v) is 12.1. The highest BCUT2D eigenvalue weighted by Crippen LogP contribution is 2.27. The van der Waals surface area contributed by atoms with Crippen molar-refractivity contribution in [3.63, 3.8) is 0 Å². The van der Waals surface area contributed by atoms with E-state index in [1.807, 2.05) is 13.0 Å². The van der Waals surface area contributed by atoms with E-state index in [1.165, 1.54) is 12.8 Å². The van der Waals surface area contributed by atoms with Crippen molar-refractivity contribution in [1.29, 1.82) is 0 Å². The van der Waals surface area contributed by atoms with Crippen molar-refractivity contribution < 1.29 is 0 Å². The molecule has 0 spiro atoms. The van der Waals surface area contributed by atoms with E-state index in [1.54, 1.807) is 0 Å². The average Bonchev–Trinajstić information content (AvgIpc) is 2.34. The third-order valence-electron chi connectivity index (χ3n) is 3.53. The van der Waals surface area contributed by atoms with Gasteiger partial charge in [0.2, 0.25) is 0 Å². The maximum absolute atomic E-state index is 6.26. The van der Waals surface area contributed by atoms with Crippen molar-refractivity contribution in [1.82, 2.24) is 9.88 Å². The molecule has 1 saturated heterocycles. The minimum absolute atomic E-state index is 0.437. The van der Waals surface area contributed by atoms with E-state index < -0.39 is 0 Å². The second-order valence-corrected chi connectivity index (χ2v) is 5.64. The molecule has 18 heavy (non-hydrogen) atoms. The Kier molecular flexibility index (Phi) is 4.84. The first kappa shape index (κ1) is 14.1. The largest absolute Gasteiger partial charge is 0.329 e. The maximum Gasteiger partial charge on any atom is 0.135 e. The summed E-state index contributed by atoms with van der Waals surface area (Å²) in [5.41, 5.74) is 7.59. The van der Waals surface area contributed by atoms with Crippen LogP contribution in [0.5, 0.6) is 0 Å². The molecule has 1 unspecified atom stereocenters. The van der Waals surface area contributed by atoms with Gasteiger partial charge in [0.25, 0.3) is 0 Å². The lowest BCUT2D eigenvalue weighted by Gasteiger charge is -2.35. The zero-order chi connectivity index (χ0) is 13.1. The van der Waals surface area contributed by atoms with Crippen LogP contribution in [0.1, 0.15) is 30.5 Å². The van der Waals surface area contributed by atoms with E-state index >= 15 is 0 Å². The second kappa shape index (κ2) is 6.20. The molecule has 0 amide bonds. The van der Waals surface area contributed by atoms with Gasteiger partial charge in [0.05, 0.1) is 0 Å². The first-order valence-corrected chi connectivity index (χ1v) is 7.13. The molecule has 5 heteroatoms. The van der Waals surface area contributed by atoms with Gasteiger partial charge in [-0.25, -0.2) is 4.98 Å². The first-order valence-electron chi connectivity index (χ1n) is 6.37. The van der Waals surface area contributed by atoms with Gasteiger partial charge in [-0.1, -0.05) is 29.6 Å². The Morgan fingerprint density at radius 3 is 2.89 bits per heavy atom. The van der Waals surface area contributed by atoms with Crippen LogP contribution in [0.15, 0.2) is 6.07 Å². The van der Waals surface area contributed by atoms with Crippen molar-refractivity contribution in [3.8, 4) is 0 Å². The highest BCUT2D eigenvalue weighted by molar-refractivity contribution is 6.35. The van der Waals surface area contributed by atoms with E-state index in [9.17, 15) is 0 Å². The van der Waals surface area contributed by atoms with Crippen LogP contribution in [-0.2, 0) is 6.54 Å². The van der Waals surface area contributed by atoms with E-state index in [0.717, 1.165) is 30.8 Å². The minimum Gasteiger partial charge on any atom is -0.329 e. The van der Waals surface area contributed by atoms with Gasteiger partial charge >= 0.3 is 0 Å². The van der Waals surface area contributed by atoms with E-state index in [4.69, 9.17) is 28.9 Å². The highest BCUT2D eigenvalue weighted by Gasteiger charge is 2.23. The Labute approximate surface area is 118 Å². The number of halogens is 2. The Hall–Kier alpha value is -0.350. The number of pyridine rings is 1. The molecule has 2 N–H and O–H groups in total. The van der Waals surface area contributed by atoms with Gasteiger partial charge in [0.15, 0.2) is 0 Å². The summed E-state index contributed by atoms with van der Waals surface area (Å²) in [7, 11) is 0. The van der Waals surface area contributed by atoms with E-state index in [2.05, 4.69) is 9.88 Å². The Morgan fingerprint density at radius 1 is 1.44 bits per heavy atom. The molecular weight excluding hydrogens is 269 g/mol. The van der Waals surface area contributed by atoms with Gasteiger partial charge in [-0.15, -0.1) is 0 Å². The zero-order valence-electron chi connectivity index (χ0n) is 10.6. The van der Waals surface area contributed by atoms with Crippen LogP contribution in [0.3, 0.4) is 0 Å². The lowest BCUT2D eigenvalue weighted by Crippen LogP contribution is -2.43. The first-order chi connectivity index (χ1) is 8.61. The van der Waals surface area contributed by atoms with Crippen molar-refractivity contribution in [2.45, 2.75) is 38.8 Å². The van der Waals surface area contributed by atoms with Gasteiger partial charge in [-0.2, -0.15) is 0 Å². The fourth-order valence-electron chi connectivity index (χ4n) is 2.50. The van der Waals surface area contributed by atoms with Gasteiger partial charge in [-0.3, -0.25) is 4.90 Å². The summed E-state index contributed by atoms with van der Waals surface area (Å²) < 4.78 is 0. The lowest BCUT2D eigenvalue weighted by atomic mass is 10.0. The van der Waals surface area contributed by atoms with E-state index in [-0.39, 0.29) is 0 Å². The van der Waals surface area contributed by atoms with Crippen molar-refractivity contribution in [2.24, 2.45) is 5.73 Å². The molecule has 3 nitrogen and oxygen atoms in total. The molecule has 0 aliphatic carbocycles. The average molecular weight is 288 g/mol. The molecular formula is C13H19Cl2N3. The molecule has 1 aliphatic heterocycles. The van der Waals surface area contributed by atoms with Crippen LogP contribution in [-0.4, -0.2) is 29.0 Å². The third-order valence-corrected chi connectivity index (χ3v) is 4.18. The van der Waals surface area contributed by atoms with Gasteiger partial charge < -0.3 is 5.73 Å². The number of nitrogens with two attached hydrogens (primary N) is 1. The molecule has 1 aromatic heterocycles. The molecule has 2 rings (SSSR count). The van der Waals surface area contributed by atoms with Crippen molar-refractivity contribution >= 4 is 23.2 Å². The molecule has 100 valence electrons. The second-order valence-electron chi connectivity index (χ2n) is 4.87. The maximum atomic E-state index is 6.26. The van der Waals surface area contributed by atoms with Crippen LogP contribution in [0, 0.1) is 6.92 Å². The van der Waals surface area contributed by atoms with Crippen molar-refractivity contribution in [3.05, 3.63) is 27.5 Å². The van der Waals surface area contributed by atoms with Gasteiger partial charge in [0.1, 0.15) is 5.15 Å². The minimum atomic E-state index is 0.437. The summed E-state index contributed by atoms with van der Waals surface area (Å²) in [5, 5.41) is 1.22. The predicted molar refractivity (Wildman–Crippen MR) is 76.1 cm³/mol. The molecule has 0 bridgehead atoms. The summed E-state index contributed by atoms with van der Waals surface area (Å²) >= 11 is 12.5. The Balaban J connectivity index is 2.17. The predicted octanol–water partition coefficient (Wildman–Crippen LogP) is 3.01. The normalized spacial score (nSPS) is 21.2. The fraction of sp³-hybridized carbons (Fsp3) is 0.615. The number of hydrogen-bond acceptors (Lipinski definition) is 3. The number of likely N-dealkylation sites (tertiary alicyclic amines) is 1. The molecule has 0 saturated carbocycles. The van der Waals surface area contributed by atoms with Crippen molar-refractivity contribution in [2.75, 3.05) is 13.1 Å². The fourth-order valence-corrected chi connectivity index (χ4v) is 3.15. The molecule has 2 heterocycles. The number of nitrogens with zero attached hydrogens (tertiary/aromatic N) is 2.